The molecule has 0 bridgehead atoms. The van der Waals surface area contributed by atoms with Crippen LogP contribution >= 0.6 is 0 Å². The Morgan fingerprint density at radius 3 is 2.52 bits per heavy atom. The average Bonchev–Trinajstić information content (AvgIpc) is 3.20. The summed E-state index contributed by atoms with van der Waals surface area (Å²) in [6.45, 7) is 4.46. The van der Waals surface area contributed by atoms with Crippen molar-refractivity contribution in [3.63, 3.8) is 0 Å². The van der Waals surface area contributed by atoms with Gasteiger partial charge in [0.05, 0.1) is 17.0 Å². The van der Waals surface area contributed by atoms with Crippen molar-refractivity contribution in [1.82, 2.24) is 14.7 Å². The summed E-state index contributed by atoms with van der Waals surface area (Å²) in [4.78, 5) is 14.4. The molecule has 2 aromatic carbocycles. The summed E-state index contributed by atoms with van der Waals surface area (Å²) in [7, 11) is 4.16. The van der Waals surface area contributed by atoms with Crippen LogP contribution in [0, 0.1) is 5.92 Å². The Balaban J connectivity index is 1.41. The SMILES string of the molecule is C[C@@H](Oc1cc(-c2ccc(C3CCN(C)CC3)cc2)cc2nn(C)cc12)[C@H]1CCCC(=O)C1. The zero-order valence-electron chi connectivity index (χ0n) is 20.1. The van der Waals surface area contributed by atoms with E-state index in [0.717, 1.165) is 41.5 Å². The molecule has 33 heavy (non-hydrogen) atoms. The number of carbonyl (C=O) groups is 1. The molecule has 5 heteroatoms. The molecule has 1 aromatic heterocycles. The first-order chi connectivity index (χ1) is 16.0. The zero-order valence-corrected chi connectivity index (χ0v) is 20.1. The molecule has 5 rings (SSSR count). The molecule has 1 saturated carbocycles. The van der Waals surface area contributed by atoms with Crippen molar-refractivity contribution in [3.05, 3.63) is 48.2 Å². The minimum atomic E-state index is -0.000264. The largest absolute Gasteiger partial charge is 0.490 e. The van der Waals surface area contributed by atoms with E-state index in [1.54, 1.807) is 0 Å². The lowest BCUT2D eigenvalue weighted by Gasteiger charge is -2.29. The molecule has 174 valence electrons. The Bertz CT molecular complexity index is 1130. The number of fused-ring (bicyclic) bond motifs is 1. The summed E-state index contributed by atoms with van der Waals surface area (Å²) in [5, 5.41) is 5.69. The molecule has 2 atom stereocenters. The number of nitrogens with zero attached hydrogens (tertiary/aromatic N) is 3. The molecule has 0 spiro atoms. The number of likely N-dealkylation sites (tertiary alicyclic amines) is 1. The summed E-state index contributed by atoms with van der Waals surface area (Å²) in [5.41, 5.74) is 4.69. The van der Waals surface area contributed by atoms with Crippen LogP contribution in [0.25, 0.3) is 22.0 Å². The number of carbonyl (C=O) groups excluding carboxylic acids is 1. The van der Waals surface area contributed by atoms with Crippen LogP contribution in [0.15, 0.2) is 42.6 Å². The van der Waals surface area contributed by atoms with Gasteiger partial charge in [-0.05, 0) is 87.5 Å². The van der Waals surface area contributed by atoms with Gasteiger partial charge in [0.15, 0.2) is 0 Å². The van der Waals surface area contributed by atoms with Crippen LogP contribution in [0.1, 0.15) is 56.9 Å². The summed E-state index contributed by atoms with van der Waals surface area (Å²) < 4.78 is 8.36. The van der Waals surface area contributed by atoms with Crippen molar-refractivity contribution in [2.45, 2.75) is 57.5 Å². The topological polar surface area (TPSA) is 47.4 Å². The minimum Gasteiger partial charge on any atom is -0.490 e. The molecule has 1 aliphatic heterocycles. The maximum absolute atomic E-state index is 12.0. The Hall–Kier alpha value is -2.66. The molecular formula is C28H35N3O2. The second kappa shape index (κ2) is 9.30. The Morgan fingerprint density at radius 2 is 1.79 bits per heavy atom. The van der Waals surface area contributed by atoms with Crippen molar-refractivity contribution in [2.75, 3.05) is 20.1 Å². The van der Waals surface area contributed by atoms with Crippen LogP contribution in [0.2, 0.25) is 0 Å². The number of ketones is 1. The van der Waals surface area contributed by atoms with Crippen molar-refractivity contribution >= 4 is 16.7 Å². The maximum Gasteiger partial charge on any atom is 0.133 e. The smallest absolute Gasteiger partial charge is 0.133 e. The first-order valence-corrected chi connectivity index (χ1v) is 12.4. The van der Waals surface area contributed by atoms with E-state index in [1.165, 1.54) is 37.1 Å². The number of piperidine rings is 1. The van der Waals surface area contributed by atoms with Crippen molar-refractivity contribution in [1.29, 1.82) is 0 Å². The van der Waals surface area contributed by atoms with E-state index in [0.29, 0.717) is 18.1 Å². The van der Waals surface area contributed by atoms with E-state index < -0.39 is 0 Å². The third-order valence-electron chi connectivity index (χ3n) is 7.63. The number of hydrogen-bond donors (Lipinski definition) is 0. The lowest BCUT2D eigenvalue weighted by molar-refractivity contribution is -0.122. The molecule has 1 aliphatic carbocycles. The van der Waals surface area contributed by atoms with Gasteiger partial charge in [-0.25, -0.2) is 0 Å². The molecule has 2 fully saturated rings. The first kappa shape index (κ1) is 22.1. The van der Waals surface area contributed by atoms with Crippen LogP contribution in [0.5, 0.6) is 5.75 Å². The number of aryl methyl sites for hydroxylation is 1. The van der Waals surface area contributed by atoms with Gasteiger partial charge in [0, 0.05) is 32.0 Å². The third kappa shape index (κ3) is 4.84. The second-order valence-electron chi connectivity index (χ2n) is 10.1. The van der Waals surface area contributed by atoms with Gasteiger partial charge in [-0.1, -0.05) is 24.3 Å². The second-order valence-corrected chi connectivity index (χ2v) is 10.1. The van der Waals surface area contributed by atoms with E-state index >= 15 is 0 Å². The van der Waals surface area contributed by atoms with Crippen molar-refractivity contribution < 1.29 is 9.53 Å². The van der Waals surface area contributed by atoms with Gasteiger partial charge in [0.1, 0.15) is 11.5 Å². The Morgan fingerprint density at radius 1 is 1.03 bits per heavy atom. The van der Waals surface area contributed by atoms with E-state index in [9.17, 15) is 4.79 Å². The number of rotatable bonds is 5. The highest BCUT2D eigenvalue weighted by Gasteiger charge is 2.26. The van der Waals surface area contributed by atoms with Gasteiger partial charge in [0.25, 0.3) is 0 Å². The fraction of sp³-hybridized carbons (Fsp3) is 0.500. The standard InChI is InChI=1S/C28H35N3O2/c1-19(23-5-4-6-25(32)15-23)33-28-17-24(16-27-26(28)18-31(3)29-27)21-9-7-20(8-10-21)22-11-13-30(2)14-12-22/h7-10,16-19,22-23H,4-6,11-15H2,1-3H3/t19-,23+/m1/s1. The normalized spacial score (nSPS) is 21.4. The van der Waals surface area contributed by atoms with Crippen LogP contribution < -0.4 is 4.74 Å². The van der Waals surface area contributed by atoms with Gasteiger partial charge in [0.2, 0.25) is 0 Å². The average molecular weight is 446 g/mol. The van der Waals surface area contributed by atoms with Crippen LogP contribution in [0.3, 0.4) is 0 Å². The van der Waals surface area contributed by atoms with E-state index in [-0.39, 0.29) is 12.0 Å². The van der Waals surface area contributed by atoms with Gasteiger partial charge in [-0.15, -0.1) is 0 Å². The Labute approximate surface area is 196 Å². The van der Waals surface area contributed by atoms with Crippen LogP contribution in [0.4, 0.5) is 0 Å². The fourth-order valence-corrected chi connectivity index (χ4v) is 5.52. The Kier molecular flexibility index (Phi) is 6.24. The molecule has 0 amide bonds. The van der Waals surface area contributed by atoms with Crippen LogP contribution in [-0.4, -0.2) is 46.7 Å². The van der Waals surface area contributed by atoms with Gasteiger partial charge >= 0.3 is 0 Å². The lowest BCUT2D eigenvalue weighted by Crippen LogP contribution is -2.29. The fourth-order valence-electron chi connectivity index (χ4n) is 5.52. The number of Topliss-reactive ketones (excluding diaryl/α,β-unsaturated/α-hetero) is 1. The zero-order chi connectivity index (χ0) is 22.9. The van der Waals surface area contributed by atoms with Crippen molar-refractivity contribution in [2.24, 2.45) is 13.0 Å². The summed E-state index contributed by atoms with van der Waals surface area (Å²) >= 11 is 0. The molecule has 0 radical (unpaired) electrons. The number of benzene rings is 2. The highest BCUT2D eigenvalue weighted by Crippen LogP contribution is 2.36. The third-order valence-corrected chi connectivity index (χ3v) is 7.63. The maximum atomic E-state index is 12.0. The first-order valence-electron chi connectivity index (χ1n) is 12.4. The molecule has 1 saturated heterocycles. The molecule has 0 unspecified atom stereocenters. The predicted molar refractivity (Wildman–Crippen MR) is 133 cm³/mol. The minimum absolute atomic E-state index is 0.000264. The van der Waals surface area contributed by atoms with E-state index in [2.05, 4.69) is 60.4 Å². The highest BCUT2D eigenvalue weighted by atomic mass is 16.5. The molecule has 0 N–H and O–H groups in total. The van der Waals surface area contributed by atoms with Gasteiger partial charge in [-0.2, -0.15) is 5.10 Å². The summed E-state index contributed by atoms with van der Waals surface area (Å²) in [6.07, 6.45) is 7.87. The molecule has 2 heterocycles. The molecular weight excluding hydrogens is 410 g/mol. The lowest BCUT2D eigenvalue weighted by atomic mass is 9.85. The van der Waals surface area contributed by atoms with E-state index in [1.807, 2.05) is 17.9 Å². The predicted octanol–water partition coefficient (Wildman–Crippen LogP) is 5.58. The summed E-state index contributed by atoms with van der Waals surface area (Å²) in [5.74, 6) is 2.18. The number of ether oxygens (including phenoxy) is 1. The quantitative estimate of drug-likeness (QED) is 0.515. The monoisotopic (exact) mass is 445 g/mol. The van der Waals surface area contributed by atoms with Crippen molar-refractivity contribution in [3.8, 4) is 16.9 Å². The van der Waals surface area contributed by atoms with Gasteiger partial charge < -0.3 is 9.64 Å². The number of hydrogen-bond acceptors (Lipinski definition) is 4. The van der Waals surface area contributed by atoms with Crippen LogP contribution in [-0.2, 0) is 11.8 Å². The molecule has 2 aliphatic rings. The van der Waals surface area contributed by atoms with Gasteiger partial charge in [-0.3, -0.25) is 9.48 Å². The number of aromatic nitrogens is 2. The molecule has 5 nitrogen and oxygen atoms in total. The summed E-state index contributed by atoms with van der Waals surface area (Å²) in [6, 6.07) is 13.4. The molecule has 3 aromatic rings. The highest BCUT2D eigenvalue weighted by molar-refractivity contribution is 5.90. The van der Waals surface area contributed by atoms with E-state index in [4.69, 9.17) is 4.74 Å².